The van der Waals surface area contributed by atoms with Crippen molar-refractivity contribution in [3.63, 3.8) is 0 Å². The van der Waals surface area contributed by atoms with E-state index in [1.807, 2.05) is 0 Å². The van der Waals surface area contributed by atoms with Crippen molar-refractivity contribution < 1.29 is 0 Å². The minimum absolute atomic E-state index is 0.748. The summed E-state index contributed by atoms with van der Waals surface area (Å²) in [6, 6.07) is 26.3. The van der Waals surface area contributed by atoms with E-state index in [1.54, 1.807) is 0 Å². The maximum Gasteiger partial charge on any atom is 0.0178 e. The van der Waals surface area contributed by atoms with Crippen LogP contribution in [0.3, 0.4) is 0 Å². The molecule has 0 fully saturated rings. The molecule has 0 aliphatic rings. The van der Waals surface area contributed by atoms with Gasteiger partial charge in [0.1, 0.15) is 0 Å². The fourth-order valence-corrected chi connectivity index (χ4v) is 4.70. The first-order valence-corrected chi connectivity index (χ1v) is 6.98. The molecular formula is C15H12Si-3. The van der Waals surface area contributed by atoms with E-state index >= 15 is 0 Å². The second kappa shape index (κ2) is 4.03. The van der Waals surface area contributed by atoms with Crippen molar-refractivity contribution in [1.29, 1.82) is 0 Å². The lowest BCUT2D eigenvalue weighted by Gasteiger charge is -2.25. The van der Waals surface area contributed by atoms with Gasteiger partial charge in [-0.2, -0.15) is 58.0 Å². The summed E-state index contributed by atoms with van der Waals surface area (Å²) in [6.07, 6.45) is 0. The number of rotatable bonds is 3. The average molecular weight is 220 g/mol. The van der Waals surface area contributed by atoms with E-state index in [0.717, 1.165) is 0 Å². The van der Waals surface area contributed by atoms with Crippen molar-refractivity contribution in [3.8, 4) is 0 Å². The van der Waals surface area contributed by atoms with Crippen LogP contribution in [0, 0.1) is 0 Å². The molecule has 0 atom stereocenters. The monoisotopic (exact) mass is 220 g/mol. The summed E-state index contributed by atoms with van der Waals surface area (Å²) in [5.74, 6) is 0. The predicted molar refractivity (Wildman–Crippen MR) is 70.8 cm³/mol. The van der Waals surface area contributed by atoms with Gasteiger partial charge < -0.3 is 0 Å². The molecule has 0 N–H and O–H groups in total. The first kappa shape index (κ1) is 9.49. The Morgan fingerprint density at radius 1 is 0.812 bits per heavy atom. The van der Waals surface area contributed by atoms with Crippen LogP contribution in [0.2, 0.25) is 0 Å². The SMILES string of the molecule is c1c[cH-]c([Si](c2cc[cH-]c2)c2ccc[cH-]2)c1. The molecule has 1 heteroatoms. The lowest BCUT2D eigenvalue weighted by molar-refractivity contribution is 1.99. The van der Waals surface area contributed by atoms with Crippen LogP contribution in [-0.2, 0) is 0 Å². The lowest BCUT2D eigenvalue weighted by atomic mass is 10.6. The van der Waals surface area contributed by atoms with Crippen molar-refractivity contribution in [1.82, 2.24) is 0 Å². The van der Waals surface area contributed by atoms with E-state index in [4.69, 9.17) is 0 Å². The quantitative estimate of drug-likeness (QED) is 0.462. The van der Waals surface area contributed by atoms with E-state index in [-0.39, 0.29) is 0 Å². The molecule has 0 aliphatic carbocycles. The second-order valence-electron chi connectivity index (χ2n) is 3.90. The second-order valence-corrected chi connectivity index (χ2v) is 6.38. The molecule has 0 aromatic heterocycles. The Labute approximate surface area is 97.5 Å². The molecular weight excluding hydrogens is 208 g/mol. The van der Waals surface area contributed by atoms with E-state index in [2.05, 4.69) is 72.8 Å². The molecule has 3 rings (SSSR count). The summed E-state index contributed by atoms with van der Waals surface area (Å²) in [7, 11) is -0.748. The van der Waals surface area contributed by atoms with E-state index in [0.29, 0.717) is 0 Å². The molecule has 3 aromatic rings. The Hall–Kier alpha value is -1.73. The van der Waals surface area contributed by atoms with Gasteiger partial charge in [-0.25, -0.2) is 30.3 Å². The van der Waals surface area contributed by atoms with Crippen LogP contribution in [0.1, 0.15) is 0 Å². The fourth-order valence-electron chi connectivity index (χ4n) is 2.12. The third-order valence-corrected chi connectivity index (χ3v) is 5.59. The van der Waals surface area contributed by atoms with Crippen molar-refractivity contribution in [2.75, 3.05) is 0 Å². The zero-order valence-electron chi connectivity index (χ0n) is 8.93. The highest BCUT2D eigenvalue weighted by atomic mass is 28.3. The Morgan fingerprint density at radius 3 is 1.94 bits per heavy atom. The molecule has 0 bridgehead atoms. The number of hydrogen-bond donors (Lipinski definition) is 0. The van der Waals surface area contributed by atoms with Gasteiger partial charge in [0.15, 0.2) is 0 Å². The van der Waals surface area contributed by atoms with E-state index < -0.39 is 8.80 Å². The molecule has 0 saturated carbocycles. The summed E-state index contributed by atoms with van der Waals surface area (Å²) in [6.45, 7) is 0. The highest BCUT2D eigenvalue weighted by molar-refractivity contribution is 6.95. The van der Waals surface area contributed by atoms with Gasteiger partial charge in [-0.05, 0) is 0 Å². The molecule has 0 saturated heterocycles. The minimum Gasteiger partial charge on any atom is -0.215 e. The summed E-state index contributed by atoms with van der Waals surface area (Å²) < 4.78 is 0. The minimum atomic E-state index is -0.748. The van der Waals surface area contributed by atoms with E-state index in [9.17, 15) is 0 Å². The summed E-state index contributed by atoms with van der Waals surface area (Å²) in [4.78, 5) is 0. The summed E-state index contributed by atoms with van der Waals surface area (Å²) in [5.41, 5.74) is 0. The Kier molecular flexibility index (Phi) is 2.39. The molecule has 16 heavy (non-hydrogen) atoms. The van der Waals surface area contributed by atoms with Gasteiger partial charge in [-0.15, -0.1) is 0 Å². The normalized spacial score (nSPS) is 11.1. The van der Waals surface area contributed by atoms with Gasteiger partial charge in [0, 0.05) is 8.80 Å². The molecule has 0 heterocycles. The molecule has 0 unspecified atom stereocenters. The maximum atomic E-state index is 2.24. The molecule has 0 spiro atoms. The van der Waals surface area contributed by atoms with Crippen LogP contribution in [0.4, 0.5) is 0 Å². The van der Waals surface area contributed by atoms with Crippen molar-refractivity contribution in [2.45, 2.75) is 0 Å². The smallest absolute Gasteiger partial charge is 0.0178 e. The first-order chi connectivity index (χ1) is 7.95. The third-order valence-electron chi connectivity index (χ3n) is 2.85. The molecule has 3 aromatic carbocycles. The highest BCUT2D eigenvalue weighted by Gasteiger charge is 2.05. The Balaban J connectivity index is 2.09. The van der Waals surface area contributed by atoms with Gasteiger partial charge in [0.2, 0.25) is 0 Å². The Morgan fingerprint density at radius 2 is 1.50 bits per heavy atom. The van der Waals surface area contributed by atoms with Gasteiger partial charge in [-0.1, -0.05) is 0 Å². The summed E-state index contributed by atoms with van der Waals surface area (Å²) >= 11 is 0. The van der Waals surface area contributed by atoms with Crippen LogP contribution in [0.25, 0.3) is 0 Å². The molecule has 1 radical (unpaired) electrons. The van der Waals surface area contributed by atoms with Crippen LogP contribution in [0.5, 0.6) is 0 Å². The van der Waals surface area contributed by atoms with Crippen molar-refractivity contribution in [2.24, 2.45) is 0 Å². The van der Waals surface area contributed by atoms with Crippen molar-refractivity contribution in [3.05, 3.63) is 72.8 Å². The highest BCUT2D eigenvalue weighted by Crippen LogP contribution is 1.96. The fraction of sp³-hybridized carbons (Fsp3) is 0. The van der Waals surface area contributed by atoms with E-state index in [1.165, 1.54) is 15.6 Å². The molecule has 0 aliphatic heterocycles. The molecule has 0 nitrogen and oxygen atoms in total. The van der Waals surface area contributed by atoms with Crippen molar-refractivity contribution >= 4 is 24.4 Å². The molecule has 79 valence electrons. The molecule has 0 amide bonds. The average Bonchev–Trinajstić information content (AvgIpc) is 3.02. The lowest BCUT2D eigenvalue weighted by Crippen LogP contribution is -2.50. The predicted octanol–water partition coefficient (Wildman–Crippen LogP) is 1.36. The van der Waals surface area contributed by atoms with Gasteiger partial charge in [0.05, 0.1) is 0 Å². The summed E-state index contributed by atoms with van der Waals surface area (Å²) in [5, 5.41) is 4.42. The topological polar surface area (TPSA) is 0 Å². The van der Waals surface area contributed by atoms with Crippen LogP contribution < -0.4 is 15.6 Å². The van der Waals surface area contributed by atoms with Gasteiger partial charge >= 0.3 is 0 Å². The van der Waals surface area contributed by atoms with Crippen LogP contribution in [-0.4, -0.2) is 8.80 Å². The third kappa shape index (κ3) is 1.59. The number of hydrogen-bond acceptors (Lipinski definition) is 0. The van der Waals surface area contributed by atoms with Gasteiger partial charge in [0.25, 0.3) is 0 Å². The standard InChI is InChI=1S/C15H12Si/c1-2-8-13(7-1)16(14-9-3-4-10-14)15-11-5-6-12-15/h1-12H/q-3. The maximum absolute atomic E-state index is 2.24. The Bertz CT molecular complexity index is 431. The van der Waals surface area contributed by atoms with Crippen LogP contribution >= 0.6 is 0 Å². The zero-order chi connectivity index (χ0) is 10.8. The zero-order valence-corrected chi connectivity index (χ0v) is 9.93. The van der Waals surface area contributed by atoms with Gasteiger partial charge in [-0.3, -0.25) is 0 Å². The van der Waals surface area contributed by atoms with Crippen LogP contribution in [0.15, 0.2) is 72.8 Å². The first-order valence-electron chi connectivity index (χ1n) is 5.48. The largest absolute Gasteiger partial charge is 0.215 e.